The van der Waals surface area contributed by atoms with Gasteiger partial charge in [-0.15, -0.1) is 20.1 Å². The molecule has 36 heavy (non-hydrogen) atoms. The van der Waals surface area contributed by atoms with Crippen molar-refractivity contribution in [3.8, 4) is 11.5 Å². The predicted octanol–water partition coefficient (Wildman–Crippen LogP) is 5.12. The van der Waals surface area contributed by atoms with Crippen LogP contribution in [0.3, 0.4) is 0 Å². The molecule has 0 amide bonds. The molecule has 3 aromatic rings. The zero-order valence-corrected chi connectivity index (χ0v) is 20.7. The molecule has 2 fully saturated rings. The van der Waals surface area contributed by atoms with Crippen LogP contribution in [0.15, 0.2) is 48.7 Å². The van der Waals surface area contributed by atoms with Gasteiger partial charge in [0.15, 0.2) is 11.5 Å². The summed E-state index contributed by atoms with van der Waals surface area (Å²) in [6.45, 7) is 1.27. The third-order valence-electron chi connectivity index (χ3n) is 7.15. The summed E-state index contributed by atoms with van der Waals surface area (Å²) in [7, 11) is 0. The fraction of sp³-hybridized carbons (Fsp3) is 0.385. The lowest BCUT2D eigenvalue weighted by molar-refractivity contribution is -0.286. The van der Waals surface area contributed by atoms with E-state index in [4.69, 9.17) is 11.6 Å². The van der Waals surface area contributed by atoms with Gasteiger partial charge >= 0.3 is 6.29 Å². The number of hydrogen-bond donors (Lipinski definition) is 1. The highest BCUT2D eigenvalue weighted by molar-refractivity contribution is 7.11. The van der Waals surface area contributed by atoms with E-state index in [1.807, 2.05) is 24.3 Å². The zero-order chi connectivity index (χ0) is 25.1. The van der Waals surface area contributed by atoms with Crippen molar-refractivity contribution < 1.29 is 28.2 Å². The Kier molecular flexibility index (Phi) is 5.79. The number of aromatic nitrogens is 1. The zero-order valence-electron chi connectivity index (χ0n) is 19.1. The average molecular weight is 533 g/mol. The lowest BCUT2D eigenvalue weighted by Crippen LogP contribution is -2.28. The molecule has 6 rings (SSSR count). The van der Waals surface area contributed by atoms with Gasteiger partial charge in [-0.3, -0.25) is 9.69 Å². The minimum Gasteiger partial charge on any atom is -0.395 e. The minimum atomic E-state index is -3.69. The number of benzene rings is 2. The van der Waals surface area contributed by atoms with Crippen LogP contribution in [0.1, 0.15) is 46.3 Å². The summed E-state index contributed by atoms with van der Waals surface area (Å²) in [5, 5.41) is 11.5. The number of thiazole rings is 1. The summed E-state index contributed by atoms with van der Waals surface area (Å²) in [6, 6.07) is 12.1. The van der Waals surface area contributed by atoms with Crippen LogP contribution in [0.2, 0.25) is 5.02 Å². The van der Waals surface area contributed by atoms with Crippen LogP contribution in [-0.2, 0) is 16.6 Å². The van der Waals surface area contributed by atoms with Crippen LogP contribution in [0.5, 0.6) is 11.5 Å². The highest BCUT2D eigenvalue weighted by atomic mass is 35.5. The molecule has 0 radical (unpaired) electrons. The molecular formula is C26H23ClF2N2O4S. The predicted molar refractivity (Wildman–Crippen MR) is 130 cm³/mol. The van der Waals surface area contributed by atoms with E-state index in [0.29, 0.717) is 41.4 Å². The van der Waals surface area contributed by atoms with Crippen LogP contribution in [0.25, 0.3) is 0 Å². The van der Waals surface area contributed by atoms with Crippen molar-refractivity contribution in [1.82, 2.24) is 9.88 Å². The second kappa shape index (κ2) is 8.76. The number of rotatable bonds is 7. The molecule has 10 heteroatoms. The van der Waals surface area contributed by atoms with Gasteiger partial charge in [-0.1, -0.05) is 35.9 Å². The molecule has 0 spiro atoms. The lowest BCUT2D eigenvalue weighted by Gasteiger charge is -2.27. The number of alkyl halides is 2. The smallest absolute Gasteiger partial charge is 0.395 e. The normalized spacial score (nSPS) is 22.5. The lowest BCUT2D eigenvalue weighted by atomic mass is 9.89. The Morgan fingerprint density at radius 1 is 1.22 bits per heavy atom. The van der Waals surface area contributed by atoms with Gasteiger partial charge in [-0.25, -0.2) is 4.98 Å². The molecule has 1 unspecified atom stereocenters. The maximum Gasteiger partial charge on any atom is 0.586 e. The number of likely N-dealkylation sites (tertiary alicyclic amines) is 1. The molecule has 0 bridgehead atoms. The van der Waals surface area contributed by atoms with Crippen LogP contribution in [-0.4, -0.2) is 46.3 Å². The fourth-order valence-corrected chi connectivity index (χ4v) is 6.48. The highest BCUT2D eigenvalue weighted by Crippen LogP contribution is 2.53. The fourth-order valence-electron chi connectivity index (χ4n) is 5.17. The monoisotopic (exact) mass is 532 g/mol. The number of fused-ring (bicyclic) bond motifs is 1. The SMILES string of the molecule is O=C(Cc1ncc(C(c2ccccc2Cl)N2CC[C@@H](O)C2)s1)C1(c2ccc3c(c2)OC(F)(F)O3)CC1. The molecule has 1 saturated carbocycles. The topological polar surface area (TPSA) is 71.9 Å². The average Bonchev–Trinajstić information content (AvgIpc) is 3.16. The van der Waals surface area contributed by atoms with E-state index in [1.165, 1.54) is 23.5 Å². The molecule has 1 saturated heterocycles. The number of carbonyl (C=O) groups excluding carboxylic acids is 1. The number of Topliss-reactive ketones (excluding diaryl/α,β-unsaturated/α-hetero) is 1. The first-order valence-electron chi connectivity index (χ1n) is 11.8. The molecule has 188 valence electrons. The summed E-state index contributed by atoms with van der Waals surface area (Å²) in [5.74, 6) is -0.0855. The summed E-state index contributed by atoms with van der Waals surface area (Å²) in [6.07, 6.45) is -0.165. The van der Waals surface area contributed by atoms with Gasteiger partial charge < -0.3 is 14.6 Å². The number of ether oxygens (including phenoxy) is 2. The van der Waals surface area contributed by atoms with Crippen LogP contribution in [0.4, 0.5) is 8.78 Å². The Morgan fingerprint density at radius 2 is 2.00 bits per heavy atom. The van der Waals surface area contributed by atoms with Gasteiger partial charge in [-0.05, 0) is 48.6 Å². The van der Waals surface area contributed by atoms with Gasteiger partial charge in [-0.2, -0.15) is 0 Å². The number of ketones is 1. The Morgan fingerprint density at radius 3 is 2.72 bits per heavy atom. The Hall–Kier alpha value is -2.59. The van der Waals surface area contributed by atoms with Crippen molar-refractivity contribution in [3.63, 3.8) is 0 Å². The number of aliphatic hydroxyl groups excluding tert-OH is 1. The molecule has 6 nitrogen and oxygen atoms in total. The van der Waals surface area contributed by atoms with Gasteiger partial charge in [0.1, 0.15) is 10.8 Å². The molecule has 1 N–H and O–H groups in total. The van der Waals surface area contributed by atoms with Crippen LogP contribution in [0, 0.1) is 0 Å². The molecule has 2 aliphatic heterocycles. The number of aliphatic hydroxyl groups is 1. The first kappa shape index (κ1) is 23.8. The van der Waals surface area contributed by atoms with E-state index in [9.17, 15) is 18.7 Å². The molecule has 1 aliphatic carbocycles. The molecule has 3 heterocycles. The number of nitrogens with zero attached hydrogens (tertiary/aromatic N) is 2. The van der Waals surface area contributed by atoms with Gasteiger partial charge in [0.2, 0.25) is 0 Å². The summed E-state index contributed by atoms with van der Waals surface area (Å²) in [5.41, 5.74) is 0.874. The Bertz CT molecular complexity index is 1330. The quantitative estimate of drug-likeness (QED) is 0.455. The molecule has 1 aromatic heterocycles. The minimum absolute atomic E-state index is 0.0000799. The molecule has 3 aliphatic rings. The number of β-amino-alcohol motifs (C(OH)–C–C–N with tert-alkyl or cyclic N) is 1. The van der Waals surface area contributed by atoms with Gasteiger partial charge in [0, 0.05) is 29.2 Å². The van der Waals surface area contributed by atoms with E-state index in [2.05, 4.69) is 19.4 Å². The summed E-state index contributed by atoms with van der Waals surface area (Å²) >= 11 is 8.01. The van der Waals surface area contributed by atoms with Crippen molar-refractivity contribution in [2.24, 2.45) is 0 Å². The Balaban J connectivity index is 1.24. The molecular weight excluding hydrogens is 510 g/mol. The van der Waals surface area contributed by atoms with Gasteiger partial charge in [0.25, 0.3) is 0 Å². The van der Waals surface area contributed by atoms with E-state index >= 15 is 0 Å². The first-order valence-corrected chi connectivity index (χ1v) is 13.0. The van der Waals surface area contributed by atoms with Crippen LogP contribution >= 0.6 is 22.9 Å². The maximum absolute atomic E-state index is 13.4. The third kappa shape index (κ3) is 4.28. The largest absolute Gasteiger partial charge is 0.586 e. The number of halogens is 3. The van der Waals surface area contributed by atoms with E-state index in [1.54, 1.807) is 12.3 Å². The maximum atomic E-state index is 13.4. The van der Waals surface area contributed by atoms with E-state index in [0.717, 1.165) is 17.0 Å². The van der Waals surface area contributed by atoms with E-state index < -0.39 is 11.7 Å². The number of hydrogen-bond acceptors (Lipinski definition) is 7. The summed E-state index contributed by atoms with van der Waals surface area (Å²) < 4.78 is 35.9. The van der Waals surface area contributed by atoms with Crippen molar-refractivity contribution in [3.05, 3.63) is 74.7 Å². The molecule has 2 atom stereocenters. The van der Waals surface area contributed by atoms with Crippen LogP contribution < -0.4 is 9.47 Å². The number of carbonyl (C=O) groups is 1. The Labute approximate surface area is 215 Å². The van der Waals surface area contributed by atoms with Crippen molar-refractivity contribution >= 4 is 28.7 Å². The second-order valence-electron chi connectivity index (χ2n) is 9.53. The highest BCUT2D eigenvalue weighted by Gasteiger charge is 2.52. The van der Waals surface area contributed by atoms with Crippen molar-refractivity contribution in [1.29, 1.82) is 0 Å². The second-order valence-corrected chi connectivity index (χ2v) is 11.1. The van der Waals surface area contributed by atoms with E-state index in [-0.39, 0.29) is 35.8 Å². The molecule has 2 aromatic carbocycles. The van der Waals surface area contributed by atoms with Crippen molar-refractivity contribution in [2.75, 3.05) is 13.1 Å². The first-order chi connectivity index (χ1) is 17.2. The van der Waals surface area contributed by atoms with Crippen molar-refractivity contribution in [2.45, 2.75) is 49.5 Å². The standard InChI is InChI=1S/C26H23ClF2N2O4S/c27-18-4-2-1-3-17(18)24(31-10-7-16(32)14-31)21-13-30-23(36-21)12-22(33)25(8-9-25)15-5-6-19-20(11-15)35-26(28,29)34-19/h1-6,11,13,16,24,32H,7-10,12,14H2/t16-,24?/m1/s1. The van der Waals surface area contributed by atoms with Gasteiger partial charge in [0.05, 0.1) is 24.0 Å². The summed E-state index contributed by atoms with van der Waals surface area (Å²) in [4.78, 5) is 21.1. The third-order valence-corrected chi connectivity index (χ3v) is 8.54.